The molecule has 1 aromatic carbocycles. The summed E-state index contributed by atoms with van der Waals surface area (Å²) in [6, 6.07) is 5.49. The smallest absolute Gasteiger partial charge is 0.257 e. The Kier molecular flexibility index (Phi) is 3.76. The molecule has 0 unspecified atom stereocenters. The number of nitrogens with one attached hydrogen (secondary N) is 1. The number of aromatic nitrogens is 2. The Hall–Kier alpha value is -1.96. The van der Waals surface area contributed by atoms with E-state index in [0.717, 1.165) is 53.6 Å². The number of morpholine rings is 1. The fraction of sp³-hybridized carbons (Fsp3) is 0.375. The number of ether oxygens (including phenoxy) is 2. The van der Waals surface area contributed by atoms with Gasteiger partial charge in [0.25, 0.3) is 5.56 Å². The predicted octanol–water partition coefficient (Wildman–Crippen LogP) is 1.98. The van der Waals surface area contributed by atoms with Crippen LogP contribution in [0.3, 0.4) is 0 Å². The maximum Gasteiger partial charge on any atom is 0.257 e. The highest BCUT2D eigenvalue weighted by Gasteiger charge is 2.17. The first-order chi connectivity index (χ1) is 11.3. The fourth-order valence-electron chi connectivity index (χ4n) is 2.94. The molecule has 7 heteroatoms. The van der Waals surface area contributed by atoms with Crippen molar-refractivity contribution in [2.24, 2.45) is 0 Å². The second-order valence-electron chi connectivity index (χ2n) is 5.51. The van der Waals surface area contributed by atoms with Crippen LogP contribution in [0.4, 0.5) is 0 Å². The molecule has 1 N–H and O–H groups in total. The molecule has 2 aromatic heterocycles. The highest BCUT2D eigenvalue weighted by molar-refractivity contribution is 7.18. The van der Waals surface area contributed by atoms with Crippen molar-refractivity contribution in [1.29, 1.82) is 0 Å². The molecule has 6 nitrogen and oxygen atoms in total. The number of nitrogens with zero attached hydrogens (tertiary/aromatic N) is 2. The molecule has 0 bridgehead atoms. The second kappa shape index (κ2) is 5.92. The van der Waals surface area contributed by atoms with Crippen molar-refractivity contribution in [3.8, 4) is 5.75 Å². The number of aromatic amines is 1. The lowest BCUT2D eigenvalue weighted by atomic mass is 10.1. The van der Waals surface area contributed by atoms with Crippen LogP contribution in [0.1, 0.15) is 5.01 Å². The fourth-order valence-corrected chi connectivity index (χ4v) is 3.95. The van der Waals surface area contributed by atoms with Gasteiger partial charge >= 0.3 is 0 Å². The van der Waals surface area contributed by atoms with Gasteiger partial charge in [0.2, 0.25) is 0 Å². The summed E-state index contributed by atoms with van der Waals surface area (Å²) in [5.74, 6) is 0.682. The summed E-state index contributed by atoms with van der Waals surface area (Å²) in [5, 5.41) is 2.40. The molecule has 120 valence electrons. The largest absolute Gasteiger partial charge is 0.496 e. The summed E-state index contributed by atoms with van der Waals surface area (Å²) in [6.07, 6.45) is 0. The molecule has 1 aliphatic rings. The molecule has 0 spiro atoms. The molecule has 3 heterocycles. The zero-order chi connectivity index (χ0) is 15.8. The lowest BCUT2D eigenvalue weighted by Crippen LogP contribution is -2.35. The molecule has 0 saturated carbocycles. The predicted molar refractivity (Wildman–Crippen MR) is 90.4 cm³/mol. The average Bonchev–Trinajstić information content (AvgIpc) is 2.97. The minimum Gasteiger partial charge on any atom is -0.496 e. The van der Waals surface area contributed by atoms with Gasteiger partial charge in [-0.15, -0.1) is 0 Å². The molecular weight excluding hydrogens is 314 g/mol. The highest BCUT2D eigenvalue weighted by atomic mass is 32.1. The Bertz CT molecular complexity index is 912. The third-order valence-corrected chi connectivity index (χ3v) is 5.04. The molecule has 0 atom stereocenters. The number of methoxy groups -OCH3 is 1. The van der Waals surface area contributed by atoms with E-state index < -0.39 is 0 Å². The quantitative estimate of drug-likeness (QED) is 0.795. The first-order valence-corrected chi connectivity index (χ1v) is 8.36. The summed E-state index contributed by atoms with van der Waals surface area (Å²) in [6.45, 7) is 4.13. The van der Waals surface area contributed by atoms with Gasteiger partial charge in [0.15, 0.2) is 0 Å². The molecule has 0 radical (unpaired) electrons. The number of thiazole rings is 1. The maximum atomic E-state index is 12.3. The first kappa shape index (κ1) is 14.6. The SMILES string of the molecule is COc1cccc2c(=O)[nH]c3sc(CN4CCOCC4)nc3c12. The molecule has 1 aliphatic heterocycles. The van der Waals surface area contributed by atoms with Crippen LogP contribution in [0.5, 0.6) is 5.75 Å². The number of benzene rings is 1. The summed E-state index contributed by atoms with van der Waals surface area (Å²) in [4.78, 5) is 23.1. The van der Waals surface area contributed by atoms with Crippen molar-refractivity contribution in [3.05, 3.63) is 33.6 Å². The number of fused-ring (bicyclic) bond motifs is 3. The van der Waals surface area contributed by atoms with E-state index in [1.807, 2.05) is 12.1 Å². The van der Waals surface area contributed by atoms with E-state index in [-0.39, 0.29) is 5.56 Å². The van der Waals surface area contributed by atoms with Crippen LogP contribution in [-0.2, 0) is 11.3 Å². The van der Waals surface area contributed by atoms with Crippen molar-refractivity contribution in [3.63, 3.8) is 0 Å². The van der Waals surface area contributed by atoms with E-state index in [4.69, 9.17) is 14.5 Å². The maximum absolute atomic E-state index is 12.3. The van der Waals surface area contributed by atoms with Gasteiger partial charge in [-0.05, 0) is 12.1 Å². The number of pyridine rings is 1. The summed E-state index contributed by atoms with van der Waals surface area (Å²) < 4.78 is 10.8. The Morgan fingerprint density at radius 3 is 3.00 bits per heavy atom. The van der Waals surface area contributed by atoms with Crippen molar-refractivity contribution in [1.82, 2.24) is 14.9 Å². The lowest BCUT2D eigenvalue weighted by molar-refractivity contribution is 0.0342. The molecule has 0 amide bonds. The van der Waals surface area contributed by atoms with E-state index in [0.29, 0.717) is 11.1 Å². The van der Waals surface area contributed by atoms with Crippen LogP contribution in [0.25, 0.3) is 21.1 Å². The number of hydrogen-bond acceptors (Lipinski definition) is 6. The van der Waals surface area contributed by atoms with E-state index in [1.54, 1.807) is 13.2 Å². The van der Waals surface area contributed by atoms with Crippen LogP contribution in [0.2, 0.25) is 0 Å². The molecule has 1 fully saturated rings. The third-order valence-electron chi connectivity index (χ3n) is 4.09. The van der Waals surface area contributed by atoms with E-state index in [2.05, 4.69) is 9.88 Å². The first-order valence-electron chi connectivity index (χ1n) is 7.55. The van der Waals surface area contributed by atoms with Crippen LogP contribution < -0.4 is 10.3 Å². The molecule has 4 rings (SSSR count). The van der Waals surface area contributed by atoms with Gasteiger partial charge in [-0.1, -0.05) is 17.4 Å². The van der Waals surface area contributed by atoms with Gasteiger partial charge in [-0.3, -0.25) is 9.69 Å². The summed E-state index contributed by atoms with van der Waals surface area (Å²) in [5.41, 5.74) is 0.707. The van der Waals surface area contributed by atoms with Crippen molar-refractivity contribution < 1.29 is 9.47 Å². The van der Waals surface area contributed by atoms with Crippen LogP contribution in [-0.4, -0.2) is 48.3 Å². The van der Waals surface area contributed by atoms with Gasteiger partial charge < -0.3 is 14.5 Å². The molecule has 0 aliphatic carbocycles. The van der Waals surface area contributed by atoms with Crippen LogP contribution in [0.15, 0.2) is 23.0 Å². The zero-order valence-electron chi connectivity index (χ0n) is 12.8. The van der Waals surface area contributed by atoms with Gasteiger partial charge in [-0.2, -0.15) is 0 Å². The monoisotopic (exact) mass is 331 g/mol. The standard InChI is InChI=1S/C16H17N3O3S/c1-21-11-4-2-3-10-13(11)14-16(18-15(10)20)23-12(17-14)9-19-5-7-22-8-6-19/h2-4H,5-9H2,1H3,(H,18,20). The van der Waals surface area contributed by atoms with Crippen LogP contribution >= 0.6 is 11.3 Å². The highest BCUT2D eigenvalue weighted by Crippen LogP contribution is 2.32. The zero-order valence-corrected chi connectivity index (χ0v) is 13.6. The molecule has 3 aromatic rings. The topological polar surface area (TPSA) is 67.5 Å². The molecule has 1 saturated heterocycles. The van der Waals surface area contributed by atoms with E-state index in [1.165, 1.54) is 11.3 Å². The van der Waals surface area contributed by atoms with Crippen molar-refractivity contribution in [2.45, 2.75) is 6.54 Å². The molecule has 23 heavy (non-hydrogen) atoms. The minimum atomic E-state index is -0.104. The van der Waals surface area contributed by atoms with Gasteiger partial charge in [0, 0.05) is 13.1 Å². The molecular formula is C16H17N3O3S. The van der Waals surface area contributed by atoms with Gasteiger partial charge in [0.1, 0.15) is 21.1 Å². The Balaban J connectivity index is 1.84. The number of rotatable bonds is 3. The van der Waals surface area contributed by atoms with Crippen LogP contribution in [0, 0.1) is 0 Å². The number of hydrogen-bond donors (Lipinski definition) is 1. The van der Waals surface area contributed by atoms with Crippen molar-refractivity contribution in [2.75, 3.05) is 33.4 Å². The van der Waals surface area contributed by atoms with E-state index >= 15 is 0 Å². The van der Waals surface area contributed by atoms with E-state index in [9.17, 15) is 4.79 Å². The van der Waals surface area contributed by atoms with Gasteiger partial charge in [-0.25, -0.2) is 4.98 Å². The summed E-state index contributed by atoms with van der Waals surface area (Å²) >= 11 is 1.53. The Morgan fingerprint density at radius 1 is 1.39 bits per heavy atom. The van der Waals surface area contributed by atoms with Gasteiger partial charge in [0.05, 0.1) is 37.6 Å². The normalized spacial score (nSPS) is 16.2. The summed E-state index contributed by atoms with van der Waals surface area (Å²) in [7, 11) is 1.61. The Labute approximate surface area is 136 Å². The minimum absolute atomic E-state index is 0.104. The Morgan fingerprint density at radius 2 is 2.22 bits per heavy atom. The third kappa shape index (κ3) is 2.60. The second-order valence-corrected chi connectivity index (χ2v) is 6.59. The average molecular weight is 331 g/mol. The lowest BCUT2D eigenvalue weighted by Gasteiger charge is -2.25. The van der Waals surface area contributed by atoms with Crippen molar-refractivity contribution >= 4 is 32.5 Å². The number of H-pyrrole nitrogens is 1.